The fourth-order valence-corrected chi connectivity index (χ4v) is 4.02. The number of hydrogen-bond donors (Lipinski definition) is 1. The molecule has 0 unspecified atom stereocenters. The van der Waals surface area contributed by atoms with E-state index in [1.165, 1.54) is 11.3 Å². The third-order valence-electron chi connectivity index (χ3n) is 4.21. The number of thiazole rings is 1. The van der Waals surface area contributed by atoms with Crippen molar-refractivity contribution in [3.05, 3.63) is 68.8 Å². The predicted octanol–water partition coefficient (Wildman–Crippen LogP) is 5.32. The van der Waals surface area contributed by atoms with Crippen LogP contribution in [0, 0.1) is 0 Å². The highest BCUT2D eigenvalue weighted by Crippen LogP contribution is 2.37. The van der Waals surface area contributed by atoms with Crippen LogP contribution in [0.4, 0.5) is 11.4 Å². The minimum absolute atomic E-state index is 0.181. The molecule has 0 amide bonds. The van der Waals surface area contributed by atoms with Crippen molar-refractivity contribution in [1.29, 1.82) is 0 Å². The first-order valence-electron chi connectivity index (χ1n) is 8.09. The molecule has 0 saturated carbocycles. The fourth-order valence-electron chi connectivity index (χ4n) is 2.86. The van der Waals surface area contributed by atoms with E-state index in [0.29, 0.717) is 9.82 Å². The van der Waals surface area contributed by atoms with Crippen LogP contribution in [0.1, 0.15) is 17.4 Å². The second kappa shape index (κ2) is 6.59. The van der Waals surface area contributed by atoms with Gasteiger partial charge in [-0.25, -0.2) is 4.99 Å². The summed E-state index contributed by atoms with van der Waals surface area (Å²) < 4.78 is 1.67. The number of aromatic hydroxyl groups is 1. The molecular weight excluding hydrogens is 366 g/mol. The molecule has 1 aromatic heterocycles. The van der Waals surface area contributed by atoms with Crippen LogP contribution in [-0.4, -0.2) is 15.4 Å². The number of benzene rings is 2. The van der Waals surface area contributed by atoms with Gasteiger partial charge in [-0.1, -0.05) is 47.2 Å². The van der Waals surface area contributed by atoms with Crippen molar-refractivity contribution in [2.24, 2.45) is 17.0 Å². The molecule has 2 heterocycles. The number of hydrogen-bond acceptors (Lipinski definition) is 4. The third-order valence-corrected chi connectivity index (χ3v) is 5.51. The van der Waals surface area contributed by atoms with Crippen LogP contribution in [0.3, 0.4) is 0 Å². The lowest BCUT2D eigenvalue weighted by Crippen LogP contribution is -2.08. The summed E-state index contributed by atoms with van der Waals surface area (Å²) in [4.78, 5) is 10.6. The average molecular weight is 382 g/mol. The molecule has 0 radical (unpaired) electrons. The van der Waals surface area contributed by atoms with Crippen LogP contribution in [0.2, 0.25) is 5.02 Å². The molecule has 0 atom stereocenters. The maximum absolute atomic E-state index is 10.5. The molecule has 1 aliphatic heterocycles. The van der Waals surface area contributed by atoms with E-state index in [9.17, 15) is 5.11 Å². The Morgan fingerprint density at radius 2 is 2.00 bits per heavy atom. The van der Waals surface area contributed by atoms with Gasteiger partial charge in [0.05, 0.1) is 16.3 Å². The summed E-state index contributed by atoms with van der Waals surface area (Å²) in [5.41, 5.74) is 4.74. The Hall–Kier alpha value is -2.63. The van der Waals surface area contributed by atoms with Crippen molar-refractivity contribution >= 4 is 51.7 Å². The summed E-state index contributed by atoms with van der Waals surface area (Å²) in [6.07, 6.45) is 1.97. The van der Waals surface area contributed by atoms with Gasteiger partial charge in [-0.2, -0.15) is 0 Å². The van der Waals surface area contributed by atoms with E-state index in [-0.39, 0.29) is 5.88 Å². The van der Waals surface area contributed by atoms with E-state index in [0.717, 1.165) is 33.1 Å². The predicted molar refractivity (Wildman–Crippen MR) is 109 cm³/mol. The Labute approximate surface area is 160 Å². The van der Waals surface area contributed by atoms with Gasteiger partial charge in [0.15, 0.2) is 4.80 Å². The summed E-state index contributed by atoms with van der Waals surface area (Å²) in [5.74, 6) is 0.181. The van der Waals surface area contributed by atoms with Crippen molar-refractivity contribution in [2.45, 2.75) is 6.92 Å². The van der Waals surface area contributed by atoms with Crippen LogP contribution in [-0.2, 0) is 7.05 Å². The van der Waals surface area contributed by atoms with E-state index in [1.54, 1.807) is 17.7 Å². The van der Waals surface area contributed by atoms with Gasteiger partial charge in [0.1, 0.15) is 0 Å². The van der Waals surface area contributed by atoms with Gasteiger partial charge >= 0.3 is 0 Å². The largest absolute Gasteiger partial charge is 0.493 e. The number of aromatic nitrogens is 1. The van der Waals surface area contributed by atoms with E-state index < -0.39 is 0 Å². The Kier molecular flexibility index (Phi) is 4.26. The summed E-state index contributed by atoms with van der Waals surface area (Å²) in [5, 5.41) is 11.2. The number of fused-ring (bicyclic) bond motifs is 1. The Morgan fingerprint density at radius 3 is 2.81 bits per heavy atom. The second-order valence-electron chi connectivity index (χ2n) is 6.00. The van der Waals surface area contributed by atoms with Crippen molar-refractivity contribution < 1.29 is 5.11 Å². The lowest BCUT2D eigenvalue weighted by Gasteiger charge is -2.01. The average Bonchev–Trinajstić information content (AvgIpc) is 3.07. The molecule has 0 bridgehead atoms. The highest BCUT2D eigenvalue weighted by Gasteiger charge is 2.18. The van der Waals surface area contributed by atoms with Gasteiger partial charge in [0.2, 0.25) is 5.88 Å². The molecule has 6 heteroatoms. The lowest BCUT2D eigenvalue weighted by molar-refractivity contribution is 0.427. The quantitative estimate of drug-likeness (QED) is 0.641. The van der Waals surface area contributed by atoms with Gasteiger partial charge in [-0.3, -0.25) is 9.56 Å². The molecule has 1 aliphatic rings. The normalized spacial score (nSPS) is 15.4. The number of aliphatic imine (C=N–C) groups is 1. The van der Waals surface area contributed by atoms with Gasteiger partial charge in [0.25, 0.3) is 0 Å². The van der Waals surface area contributed by atoms with Gasteiger partial charge in [0, 0.05) is 28.9 Å². The molecule has 2 aromatic carbocycles. The molecule has 0 fully saturated rings. The van der Waals surface area contributed by atoms with Gasteiger partial charge < -0.3 is 5.11 Å². The maximum Gasteiger partial charge on any atom is 0.210 e. The van der Waals surface area contributed by atoms with Crippen molar-refractivity contribution in [1.82, 2.24) is 4.57 Å². The second-order valence-corrected chi connectivity index (χ2v) is 7.44. The zero-order valence-electron chi connectivity index (χ0n) is 14.3. The zero-order valence-corrected chi connectivity index (χ0v) is 15.8. The monoisotopic (exact) mass is 381 g/mol. The Bertz CT molecular complexity index is 1140. The topological polar surface area (TPSA) is 49.9 Å². The van der Waals surface area contributed by atoms with Crippen LogP contribution in [0.5, 0.6) is 5.88 Å². The minimum Gasteiger partial charge on any atom is -0.493 e. The maximum atomic E-state index is 10.5. The highest BCUT2D eigenvalue weighted by molar-refractivity contribution is 7.10. The van der Waals surface area contributed by atoms with Crippen LogP contribution in [0.25, 0.3) is 11.6 Å². The molecule has 0 aliphatic carbocycles. The molecule has 4 nitrogen and oxygen atoms in total. The minimum atomic E-state index is 0.181. The molecule has 4 rings (SSSR count). The molecular formula is C20H16ClN3OS. The summed E-state index contributed by atoms with van der Waals surface area (Å²) in [6, 6.07) is 15.3. The molecule has 26 heavy (non-hydrogen) atoms. The molecule has 3 aromatic rings. The lowest BCUT2D eigenvalue weighted by atomic mass is 10.0. The number of nitrogens with zero attached hydrogens (tertiary/aromatic N) is 3. The Morgan fingerprint density at radius 1 is 1.19 bits per heavy atom. The van der Waals surface area contributed by atoms with Crippen LogP contribution < -0.4 is 4.80 Å². The molecule has 130 valence electrons. The molecule has 1 N–H and O–H groups in total. The van der Waals surface area contributed by atoms with Crippen molar-refractivity contribution in [2.75, 3.05) is 0 Å². The number of para-hydroxylation sites is 1. The van der Waals surface area contributed by atoms with Gasteiger partial charge in [-0.15, -0.1) is 0 Å². The number of rotatable bonds is 2. The molecule has 0 saturated heterocycles. The van der Waals surface area contributed by atoms with Gasteiger partial charge in [-0.05, 0) is 37.3 Å². The third kappa shape index (κ3) is 3.00. The first-order valence-corrected chi connectivity index (χ1v) is 9.28. The first kappa shape index (κ1) is 16.8. The van der Waals surface area contributed by atoms with Crippen molar-refractivity contribution in [3.8, 4) is 5.88 Å². The van der Waals surface area contributed by atoms with E-state index in [4.69, 9.17) is 11.6 Å². The van der Waals surface area contributed by atoms with E-state index in [2.05, 4.69) is 9.98 Å². The summed E-state index contributed by atoms with van der Waals surface area (Å²) >= 11 is 7.45. The fraction of sp³-hybridized carbons (Fsp3) is 0.100. The number of allylic oxidation sites excluding steroid dienone is 1. The smallest absolute Gasteiger partial charge is 0.210 e. The first-order chi connectivity index (χ1) is 12.5. The van der Waals surface area contributed by atoms with E-state index in [1.807, 2.05) is 55.5 Å². The summed E-state index contributed by atoms with van der Waals surface area (Å²) in [6.45, 7) is 1.98. The summed E-state index contributed by atoms with van der Waals surface area (Å²) in [7, 11) is 1.79. The van der Waals surface area contributed by atoms with Crippen molar-refractivity contribution in [3.63, 3.8) is 0 Å². The number of halogens is 1. The zero-order chi connectivity index (χ0) is 18.3. The molecule has 0 spiro atoms. The highest BCUT2D eigenvalue weighted by atomic mass is 35.5. The van der Waals surface area contributed by atoms with Crippen LogP contribution in [0.15, 0.2) is 58.5 Å². The van der Waals surface area contributed by atoms with Crippen LogP contribution >= 0.6 is 22.9 Å². The Balaban J connectivity index is 1.82. The standard InChI is InChI=1S/C20H16ClN3OS/c1-12-16(15-8-3-4-9-17(15)22-12)11-18-19(25)24(2)20(26-18)23-14-7-5-6-13(21)10-14/h3-11,25H,1-2H3/b16-11+,23-20?. The SMILES string of the molecule is CC1=Nc2ccccc2/C1=C/c1sc(=Nc2cccc(Cl)c2)n(C)c1O. The van der Waals surface area contributed by atoms with E-state index >= 15 is 0 Å².